The zero-order valence-electron chi connectivity index (χ0n) is 16.0. The summed E-state index contributed by atoms with van der Waals surface area (Å²) in [6, 6.07) is 0. The van der Waals surface area contributed by atoms with Gasteiger partial charge in [-0.15, -0.1) is 0 Å². The molecule has 0 aliphatic rings. The zero-order valence-corrected chi connectivity index (χ0v) is 17.5. The predicted octanol–water partition coefficient (Wildman–Crippen LogP) is 4.37. The van der Waals surface area contributed by atoms with Gasteiger partial charge in [-0.2, -0.15) is 0 Å². The second-order valence-corrected chi connectivity index (χ2v) is 7.43. The second-order valence-electron chi connectivity index (χ2n) is 6.31. The van der Waals surface area contributed by atoms with E-state index in [0.717, 1.165) is 49.4 Å². The van der Waals surface area contributed by atoms with Crippen LogP contribution in [0.2, 0.25) is 0 Å². The third-order valence-corrected chi connectivity index (χ3v) is 4.62. The molecule has 4 nitrogen and oxygen atoms in total. The molecule has 0 spiro atoms. The standard InChI is InChI=1S/C20H30O4S.Ar/c1-16(7-5-9-18(3)14-21)11-12-20(25(23)24)13-17(2)8-6-10-19(4)15-22;/h9-11,13-15,20H,5-8,12H2,1-4H3,(H,23,24);/p-1/b16-11+,17-13+,18-9+,19-10+;. The predicted molar refractivity (Wildman–Crippen MR) is 103 cm³/mol. The van der Waals surface area contributed by atoms with E-state index in [2.05, 4.69) is 0 Å². The van der Waals surface area contributed by atoms with E-state index in [1.54, 1.807) is 19.9 Å². The van der Waals surface area contributed by atoms with Crippen molar-refractivity contribution in [2.45, 2.75) is 65.0 Å². The van der Waals surface area contributed by atoms with Gasteiger partial charge >= 0.3 is 0 Å². The number of carbonyl (C=O) groups excluding carboxylic acids is 2. The number of allylic oxidation sites excluding steroid dienone is 7. The van der Waals surface area contributed by atoms with Crippen LogP contribution in [0.5, 0.6) is 0 Å². The first kappa shape index (κ1) is 27.9. The molecule has 0 bridgehead atoms. The van der Waals surface area contributed by atoms with Crippen LogP contribution >= 0.6 is 0 Å². The van der Waals surface area contributed by atoms with Gasteiger partial charge in [-0.25, -0.2) is 0 Å². The smallest absolute Gasteiger partial charge is 0.145 e. The summed E-state index contributed by atoms with van der Waals surface area (Å²) in [4.78, 5) is 21.1. The molecule has 0 radical (unpaired) electrons. The molecule has 0 saturated carbocycles. The Labute approximate surface area is 190 Å². The average Bonchev–Trinajstić information content (AvgIpc) is 2.57. The number of carbonyl (C=O) groups is 2. The summed E-state index contributed by atoms with van der Waals surface area (Å²) in [5.41, 5.74) is 3.51. The summed E-state index contributed by atoms with van der Waals surface area (Å²) in [5.74, 6) is 0. The van der Waals surface area contributed by atoms with Gasteiger partial charge < -0.3 is 4.55 Å². The van der Waals surface area contributed by atoms with E-state index in [-0.39, 0.29) is 37.7 Å². The Kier molecular flexibility index (Phi) is 18.0. The molecule has 2 atom stereocenters. The summed E-state index contributed by atoms with van der Waals surface area (Å²) < 4.78 is 22.9. The van der Waals surface area contributed by atoms with Gasteiger partial charge in [-0.05, 0) is 82.0 Å². The van der Waals surface area contributed by atoms with E-state index in [1.807, 2.05) is 32.1 Å². The van der Waals surface area contributed by atoms with Gasteiger partial charge in [0.05, 0.1) is 0 Å². The monoisotopic (exact) mass is 405 g/mol. The summed E-state index contributed by atoms with van der Waals surface area (Å²) in [5, 5.41) is -0.543. The largest absolute Gasteiger partial charge is 0.772 e. The van der Waals surface area contributed by atoms with Crippen molar-refractivity contribution in [1.29, 1.82) is 0 Å². The first-order valence-corrected chi connectivity index (χ1v) is 9.58. The Morgan fingerprint density at radius 3 is 1.77 bits per heavy atom. The molecule has 0 rings (SSSR count). The molecule has 0 N–H and O–H groups in total. The van der Waals surface area contributed by atoms with Crippen molar-refractivity contribution in [3.8, 4) is 0 Å². The SMILES string of the molecule is C/C(C=O)=C\CC/C(C)=C/CC(/C=C(\C)CC/C=C(\C)C=O)S(=O)[O-].[Ar]. The fourth-order valence-corrected chi connectivity index (χ4v) is 2.77. The van der Waals surface area contributed by atoms with Crippen LogP contribution in [0.25, 0.3) is 0 Å². The Morgan fingerprint density at radius 1 is 0.885 bits per heavy atom. The normalized spacial score (nSPS) is 15.9. The molecule has 0 amide bonds. The Balaban J connectivity index is 0. The molecule has 2 unspecified atom stereocenters. The molecule has 26 heavy (non-hydrogen) atoms. The van der Waals surface area contributed by atoms with Gasteiger partial charge in [0.1, 0.15) is 12.6 Å². The fraction of sp³-hybridized carbons (Fsp3) is 0.500. The van der Waals surface area contributed by atoms with Crippen LogP contribution in [0.1, 0.15) is 59.8 Å². The zero-order chi connectivity index (χ0) is 19.2. The van der Waals surface area contributed by atoms with Crippen LogP contribution in [-0.4, -0.2) is 26.6 Å². The maximum Gasteiger partial charge on any atom is 0.145 e. The molecule has 0 aromatic heterocycles. The van der Waals surface area contributed by atoms with E-state index in [9.17, 15) is 18.4 Å². The first-order chi connectivity index (χ1) is 11.8. The van der Waals surface area contributed by atoms with Gasteiger partial charge in [-0.1, -0.05) is 35.5 Å². The van der Waals surface area contributed by atoms with Crippen molar-refractivity contribution >= 4 is 23.7 Å². The molecule has 0 heterocycles. The number of aldehydes is 2. The topological polar surface area (TPSA) is 74.3 Å². The minimum absolute atomic E-state index is 0. The van der Waals surface area contributed by atoms with E-state index in [4.69, 9.17) is 0 Å². The molecule has 0 aliphatic carbocycles. The van der Waals surface area contributed by atoms with E-state index < -0.39 is 16.3 Å². The molecule has 148 valence electrons. The van der Waals surface area contributed by atoms with Gasteiger partial charge in [0.25, 0.3) is 0 Å². The molecular formula is C20H29ArO4S-. The first-order valence-electron chi connectivity index (χ1n) is 8.45. The van der Waals surface area contributed by atoms with Crippen molar-refractivity contribution in [2.24, 2.45) is 0 Å². The molecule has 0 fully saturated rings. The van der Waals surface area contributed by atoms with Gasteiger partial charge in [0.2, 0.25) is 0 Å². The molecule has 0 aliphatic heterocycles. The van der Waals surface area contributed by atoms with Crippen LogP contribution in [0.15, 0.2) is 46.6 Å². The maximum atomic E-state index is 11.4. The van der Waals surface area contributed by atoms with E-state index in [0.29, 0.717) is 17.6 Å². The van der Waals surface area contributed by atoms with Crippen molar-refractivity contribution in [2.75, 3.05) is 0 Å². The molecular weight excluding hydrogens is 376 g/mol. The molecule has 0 aromatic carbocycles. The number of hydrogen-bond acceptors (Lipinski definition) is 4. The third kappa shape index (κ3) is 14.8. The van der Waals surface area contributed by atoms with Gasteiger partial charge in [-0.3, -0.25) is 13.8 Å². The molecule has 0 aromatic rings. The van der Waals surface area contributed by atoms with Crippen molar-refractivity contribution < 1.29 is 56.1 Å². The Bertz CT molecular complexity index is 589. The fourth-order valence-electron chi connectivity index (χ4n) is 2.17. The van der Waals surface area contributed by atoms with Crippen molar-refractivity contribution in [1.82, 2.24) is 0 Å². The second kappa shape index (κ2) is 16.8. The van der Waals surface area contributed by atoms with E-state index in [1.165, 1.54) is 0 Å². The third-order valence-electron chi connectivity index (χ3n) is 3.80. The minimum atomic E-state index is -2.17. The summed E-state index contributed by atoms with van der Waals surface area (Å²) in [6.07, 6.45) is 12.6. The van der Waals surface area contributed by atoms with Crippen LogP contribution in [0.4, 0.5) is 0 Å². The number of rotatable bonds is 12. The van der Waals surface area contributed by atoms with Gasteiger partial charge in [0, 0.05) is 43.0 Å². The van der Waals surface area contributed by atoms with E-state index >= 15 is 0 Å². The summed E-state index contributed by atoms with van der Waals surface area (Å²) in [6.45, 7) is 7.40. The summed E-state index contributed by atoms with van der Waals surface area (Å²) in [7, 11) is 0. The maximum absolute atomic E-state index is 11.4. The Morgan fingerprint density at radius 2 is 1.35 bits per heavy atom. The van der Waals surface area contributed by atoms with Crippen molar-refractivity contribution in [3.05, 3.63) is 46.6 Å². The number of hydrogen-bond donors (Lipinski definition) is 0. The van der Waals surface area contributed by atoms with Crippen LogP contribution in [0.3, 0.4) is 0 Å². The van der Waals surface area contributed by atoms with Crippen molar-refractivity contribution in [3.63, 3.8) is 0 Å². The van der Waals surface area contributed by atoms with Crippen LogP contribution in [-0.2, 0) is 20.7 Å². The Hall–Kier alpha value is -0.330. The van der Waals surface area contributed by atoms with Crippen LogP contribution < -0.4 is 0 Å². The quantitative estimate of drug-likeness (QED) is 0.209. The van der Waals surface area contributed by atoms with Gasteiger partial charge in [0.15, 0.2) is 0 Å². The molecule has 6 heteroatoms. The molecule has 0 saturated heterocycles. The average molecular weight is 405 g/mol. The minimum Gasteiger partial charge on any atom is -0.772 e. The van der Waals surface area contributed by atoms with Crippen LogP contribution in [0, 0.1) is 37.7 Å². The summed E-state index contributed by atoms with van der Waals surface area (Å²) >= 11 is -2.17.